The van der Waals surface area contributed by atoms with Gasteiger partial charge in [-0.05, 0) is 13.3 Å². The number of rotatable bonds is 7. The Morgan fingerprint density at radius 3 is 2.81 bits per heavy atom. The Kier molecular flexibility index (Phi) is 4.62. The predicted octanol–water partition coefficient (Wildman–Crippen LogP) is 2.37. The Morgan fingerprint density at radius 2 is 2.24 bits per heavy atom. The highest BCUT2D eigenvalue weighted by Crippen LogP contribution is 2.31. The zero-order valence-electron chi connectivity index (χ0n) is 12.0. The van der Waals surface area contributed by atoms with Gasteiger partial charge in [0.1, 0.15) is 0 Å². The maximum atomic E-state index is 12.2. The van der Waals surface area contributed by atoms with E-state index < -0.39 is 17.4 Å². The lowest BCUT2D eigenvalue weighted by Crippen LogP contribution is -2.42. The van der Waals surface area contributed by atoms with E-state index in [0.29, 0.717) is 12.1 Å². The number of carbonyl (C=O) groups excluding carboxylic acids is 1. The summed E-state index contributed by atoms with van der Waals surface area (Å²) in [6.45, 7) is 3.68. The van der Waals surface area contributed by atoms with Crippen molar-refractivity contribution in [1.29, 1.82) is 0 Å². The molecule has 0 aromatic carbocycles. The molecule has 0 spiro atoms. The summed E-state index contributed by atoms with van der Waals surface area (Å²) in [6.07, 6.45) is 4.46. The largest absolute Gasteiger partial charge is 0.480 e. The topological polar surface area (TPSA) is 80.9 Å². The van der Waals surface area contributed by atoms with E-state index in [1.807, 2.05) is 22.9 Å². The molecule has 0 amide bonds. The van der Waals surface area contributed by atoms with Gasteiger partial charge in [-0.2, -0.15) is 0 Å². The molecule has 2 heterocycles. The van der Waals surface area contributed by atoms with E-state index >= 15 is 0 Å². The van der Waals surface area contributed by atoms with E-state index in [9.17, 15) is 14.7 Å². The van der Waals surface area contributed by atoms with Gasteiger partial charge in [0.25, 0.3) is 0 Å². The first-order valence-electron chi connectivity index (χ1n) is 6.85. The SMILES string of the molecule is CCCC(Cc1cn2ccsc2n1)(C(=O)O)C(=O)OCC. The van der Waals surface area contributed by atoms with Gasteiger partial charge in [0.05, 0.1) is 12.3 Å². The molecule has 0 saturated carbocycles. The van der Waals surface area contributed by atoms with E-state index in [1.54, 1.807) is 13.1 Å². The highest BCUT2D eigenvalue weighted by molar-refractivity contribution is 7.15. The number of aromatic nitrogens is 2. The van der Waals surface area contributed by atoms with Crippen molar-refractivity contribution in [3.8, 4) is 0 Å². The molecular formula is C14H18N2O4S. The first-order chi connectivity index (χ1) is 10.0. The number of carboxylic acid groups (broad SMARTS) is 1. The van der Waals surface area contributed by atoms with Crippen LogP contribution in [-0.2, 0) is 20.7 Å². The summed E-state index contributed by atoms with van der Waals surface area (Å²) in [5.74, 6) is -1.84. The average molecular weight is 310 g/mol. The molecule has 1 N–H and O–H groups in total. The van der Waals surface area contributed by atoms with Gasteiger partial charge in [-0.15, -0.1) is 11.3 Å². The number of nitrogens with zero attached hydrogens (tertiary/aromatic N) is 2. The minimum absolute atomic E-state index is 0.0450. The highest BCUT2D eigenvalue weighted by atomic mass is 32.1. The van der Waals surface area contributed by atoms with Crippen LogP contribution < -0.4 is 0 Å². The normalized spacial score (nSPS) is 14.0. The van der Waals surface area contributed by atoms with Gasteiger partial charge >= 0.3 is 11.9 Å². The second-order valence-electron chi connectivity index (χ2n) is 4.86. The maximum absolute atomic E-state index is 12.2. The van der Waals surface area contributed by atoms with E-state index in [-0.39, 0.29) is 19.4 Å². The van der Waals surface area contributed by atoms with Crippen molar-refractivity contribution in [3.63, 3.8) is 0 Å². The fourth-order valence-electron chi connectivity index (χ4n) is 2.40. The predicted molar refractivity (Wildman–Crippen MR) is 78.4 cm³/mol. The number of hydrogen-bond acceptors (Lipinski definition) is 5. The molecule has 1 unspecified atom stereocenters. The van der Waals surface area contributed by atoms with Gasteiger partial charge in [-0.3, -0.25) is 14.0 Å². The zero-order valence-corrected chi connectivity index (χ0v) is 12.9. The highest BCUT2D eigenvalue weighted by Gasteiger charge is 2.47. The molecule has 0 fully saturated rings. The third-order valence-corrected chi connectivity index (χ3v) is 4.15. The van der Waals surface area contributed by atoms with Crippen LogP contribution in [0, 0.1) is 5.41 Å². The molecule has 0 aliphatic carbocycles. The molecule has 0 bridgehead atoms. The lowest BCUT2D eigenvalue weighted by Gasteiger charge is -2.25. The van der Waals surface area contributed by atoms with E-state index in [1.165, 1.54) is 11.3 Å². The van der Waals surface area contributed by atoms with Crippen LogP contribution in [0.1, 0.15) is 32.4 Å². The number of ether oxygens (including phenoxy) is 1. The first kappa shape index (κ1) is 15.5. The molecule has 0 aliphatic heterocycles. The van der Waals surface area contributed by atoms with Gasteiger partial charge in [0.2, 0.25) is 0 Å². The van der Waals surface area contributed by atoms with Crippen molar-refractivity contribution >= 4 is 28.2 Å². The van der Waals surface area contributed by atoms with Gasteiger partial charge in [-0.25, -0.2) is 4.98 Å². The molecular weight excluding hydrogens is 292 g/mol. The van der Waals surface area contributed by atoms with Crippen LogP contribution in [0.2, 0.25) is 0 Å². The van der Waals surface area contributed by atoms with E-state index in [2.05, 4.69) is 4.98 Å². The number of thiazole rings is 1. The third kappa shape index (κ3) is 2.92. The molecule has 6 nitrogen and oxygen atoms in total. The summed E-state index contributed by atoms with van der Waals surface area (Å²) < 4.78 is 6.82. The van der Waals surface area contributed by atoms with E-state index in [0.717, 1.165) is 4.96 Å². The molecule has 2 aromatic rings. The molecule has 1 atom stereocenters. The Bertz CT molecular complexity index is 620. The number of carboxylic acids is 1. The molecule has 7 heteroatoms. The molecule has 21 heavy (non-hydrogen) atoms. The van der Waals surface area contributed by atoms with Crippen molar-refractivity contribution in [3.05, 3.63) is 23.5 Å². The standard InChI is InChI=1S/C14H18N2O4S/c1-3-5-14(11(17)18,12(19)20-4-2)8-10-9-16-6-7-21-13(16)15-10/h6-7,9H,3-5,8H2,1-2H3,(H,17,18). The zero-order chi connectivity index (χ0) is 15.5. The van der Waals surface area contributed by atoms with Crippen LogP contribution in [0.25, 0.3) is 4.96 Å². The second-order valence-corrected chi connectivity index (χ2v) is 5.73. The average Bonchev–Trinajstić information content (AvgIpc) is 2.98. The summed E-state index contributed by atoms with van der Waals surface area (Å²) in [6, 6.07) is 0. The van der Waals surface area contributed by atoms with Crippen molar-refractivity contribution < 1.29 is 19.4 Å². The van der Waals surface area contributed by atoms with Crippen molar-refractivity contribution in [1.82, 2.24) is 9.38 Å². The quantitative estimate of drug-likeness (QED) is 0.627. The van der Waals surface area contributed by atoms with Gasteiger partial charge in [0.15, 0.2) is 10.4 Å². The Balaban J connectivity index is 2.35. The van der Waals surface area contributed by atoms with Crippen LogP contribution >= 0.6 is 11.3 Å². The first-order valence-corrected chi connectivity index (χ1v) is 7.73. The number of esters is 1. The Hall–Kier alpha value is -1.89. The summed E-state index contributed by atoms with van der Waals surface area (Å²) in [5, 5.41) is 11.5. The summed E-state index contributed by atoms with van der Waals surface area (Å²) in [4.78, 5) is 29.1. The second kappa shape index (κ2) is 6.26. The van der Waals surface area contributed by atoms with Crippen molar-refractivity contribution in [2.24, 2.45) is 5.41 Å². The molecule has 2 rings (SSSR count). The molecule has 2 aromatic heterocycles. The Morgan fingerprint density at radius 1 is 1.48 bits per heavy atom. The number of carbonyl (C=O) groups is 2. The molecule has 0 saturated heterocycles. The van der Waals surface area contributed by atoms with Crippen LogP contribution in [0.3, 0.4) is 0 Å². The fraction of sp³-hybridized carbons (Fsp3) is 0.500. The number of aliphatic carboxylic acids is 1. The molecule has 0 radical (unpaired) electrons. The monoisotopic (exact) mass is 310 g/mol. The van der Waals surface area contributed by atoms with Crippen LogP contribution in [0.15, 0.2) is 17.8 Å². The number of hydrogen-bond donors (Lipinski definition) is 1. The van der Waals surface area contributed by atoms with Crippen LogP contribution in [-0.4, -0.2) is 33.0 Å². The van der Waals surface area contributed by atoms with Gasteiger partial charge in [-0.1, -0.05) is 13.3 Å². The van der Waals surface area contributed by atoms with Gasteiger partial charge in [0, 0.05) is 24.2 Å². The summed E-state index contributed by atoms with van der Waals surface area (Å²) >= 11 is 1.46. The number of imidazole rings is 1. The van der Waals surface area contributed by atoms with Crippen LogP contribution in [0.5, 0.6) is 0 Å². The van der Waals surface area contributed by atoms with Gasteiger partial charge < -0.3 is 9.84 Å². The fourth-order valence-corrected chi connectivity index (χ4v) is 3.12. The van der Waals surface area contributed by atoms with E-state index in [4.69, 9.17) is 4.74 Å². The molecule has 114 valence electrons. The smallest absolute Gasteiger partial charge is 0.323 e. The lowest BCUT2D eigenvalue weighted by atomic mass is 9.79. The summed E-state index contributed by atoms with van der Waals surface area (Å²) in [7, 11) is 0. The van der Waals surface area contributed by atoms with Crippen LogP contribution in [0.4, 0.5) is 0 Å². The van der Waals surface area contributed by atoms with Crippen molar-refractivity contribution in [2.45, 2.75) is 33.1 Å². The number of fused-ring (bicyclic) bond motifs is 1. The summed E-state index contributed by atoms with van der Waals surface area (Å²) in [5.41, 5.74) is -0.972. The maximum Gasteiger partial charge on any atom is 0.323 e. The third-order valence-electron chi connectivity index (χ3n) is 3.38. The lowest BCUT2D eigenvalue weighted by molar-refractivity contribution is -0.169. The minimum atomic E-state index is -1.56. The molecule has 0 aliphatic rings. The Labute approximate surface area is 126 Å². The van der Waals surface area contributed by atoms with Crippen molar-refractivity contribution in [2.75, 3.05) is 6.61 Å². The minimum Gasteiger partial charge on any atom is -0.480 e.